The number of rotatable bonds is 3. The van der Waals surface area contributed by atoms with Gasteiger partial charge >= 0.3 is 0 Å². The van der Waals surface area contributed by atoms with Crippen LogP contribution in [0.4, 0.5) is 0 Å². The third-order valence-corrected chi connectivity index (χ3v) is 5.68. The summed E-state index contributed by atoms with van der Waals surface area (Å²) >= 11 is 0. The Morgan fingerprint density at radius 3 is 2.70 bits per heavy atom. The molecule has 4 rings (SSSR count). The minimum Gasteiger partial charge on any atom is -0.343 e. The lowest BCUT2D eigenvalue weighted by Gasteiger charge is -2.32. The number of hydrogen-bond acceptors (Lipinski definition) is 5. The van der Waals surface area contributed by atoms with E-state index in [1.807, 2.05) is 25.2 Å². The maximum atomic E-state index is 13.0. The maximum Gasteiger partial charge on any atom is 0.272 e. The predicted octanol–water partition coefficient (Wildman–Crippen LogP) is 1.65. The molecule has 0 radical (unpaired) electrons. The third-order valence-electron chi connectivity index (χ3n) is 4.73. The molecule has 27 heavy (non-hydrogen) atoms. The minimum absolute atomic E-state index is 0.113. The van der Waals surface area contributed by atoms with E-state index in [0.717, 1.165) is 18.4 Å². The monoisotopic (exact) mass is 384 g/mol. The van der Waals surface area contributed by atoms with Crippen LogP contribution in [0.25, 0.3) is 5.52 Å². The second-order valence-corrected chi connectivity index (χ2v) is 8.80. The molecule has 0 fully saturated rings. The summed E-state index contributed by atoms with van der Waals surface area (Å²) in [4.78, 5) is 19.3. The fourth-order valence-electron chi connectivity index (χ4n) is 3.57. The van der Waals surface area contributed by atoms with E-state index in [-0.39, 0.29) is 22.8 Å². The van der Waals surface area contributed by atoms with E-state index in [1.54, 1.807) is 24.4 Å². The summed E-state index contributed by atoms with van der Waals surface area (Å²) in [6, 6.07) is 13.0. The minimum atomic E-state index is -3.57. The first-order chi connectivity index (χ1) is 12.8. The number of amides is 1. The topological polar surface area (TPSA) is 83.8 Å². The number of carbonyl (C=O) groups is 1. The van der Waals surface area contributed by atoms with Gasteiger partial charge in [-0.1, -0.05) is 30.3 Å². The Labute approximate surface area is 157 Å². The number of hydrogen-bond donors (Lipinski definition) is 1. The van der Waals surface area contributed by atoms with Crippen LogP contribution in [0, 0.1) is 0 Å². The number of imidazole rings is 1. The largest absolute Gasteiger partial charge is 0.343 e. The lowest BCUT2D eigenvalue weighted by atomic mass is 9.95. The van der Waals surface area contributed by atoms with Crippen LogP contribution >= 0.6 is 0 Å². The van der Waals surface area contributed by atoms with Crippen LogP contribution in [0.15, 0.2) is 53.8 Å². The van der Waals surface area contributed by atoms with Gasteiger partial charge in [0.15, 0.2) is 5.69 Å². The van der Waals surface area contributed by atoms with Crippen molar-refractivity contribution in [2.75, 3.05) is 19.8 Å². The highest BCUT2D eigenvalue weighted by atomic mass is 32.2. The molecular formula is C19H20N4O3S. The maximum absolute atomic E-state index is 13.0. The molecule has 1 atom stereocenters. The van der Waals surface area contributed by atoms with Gasteiger partial charge in [0.05, 0.1) is 11.6 Å². The molecule has 0 spiro atoms. The average Bonchev–Trinajstić information content (AvgIpc) is 3.01. The summed E-state index contributed by atoms with van der Waals surface area (Å²) in [5.41, 5.74) is 2.83. The molecule has 140 valence electrons. The van der Waals surface area contributed by atoms with Crippen molar-refractivity contribution < 1.29 is 13.2 Å². The number of carbonyl (C=O) groups excluding carboxylic acids is 1. The summed E-state index contributed by atoms with van der Waals surface area (Å²) in [6.45, 7) is 1.50. The highest BCUT2D eigenvalue weighted by molar-refractivity contribution is 7.90. The molecule has 1 amide bonds. The highest BCUT2D eigenvalue weighted by Gasteiger charge is 2.28. The number of benzene rings is 1. The van der Waals surface area contributed by atoms with Gasteiger partial charge in [-0.25, -0.2) is 13.4 Å². The molecule has 2 aromatic heterocycles. The molecule has 1 unspecified atom stereocenters. The van der Waals surface area contributed by atoms with Crippen LogP contribution in [-0.4, -0.2) is 48.5 Å². The van der Waals surface area contributed by atoms with Gasteiger partial charge < -0.3 is 5.32 Å². The number of aromatic nitrogens is 2. The van der Waals surface area contributed by atoms with Crippen molar-refractivity contribution in [3.8, 4) is 0 Å². The molecule has 1 aliphatic rings. The van der Waals surface area contributed by atoms with Crippen LogP contribution in [0.2, 0.25) is 0 Å². The van der Waals surface area contributed by atoms with Gasteiger partial charge in [0.1, 0.15) is 0 Å². The number of nitrogens with zero attached hydrogens (tertiary/aromatic N) is 3. The van der Waals surface area contributed by atoms with Gasteiger partial charge in [0.2, 0.25) is 15.0 Å². The van der Waals surface area contributed by atoms with Gasteiger partial charge in [-0.15, -0.1) is 0 Å². The molecule has 0 saturated carbocycles. The highest BCUT2D eigenvalue weighted by Crippen LogP contribution is 2.26. The molecular weight excluding hydrogens is 364 g/mol. The summed E-state index contributed by atoms with van der Waals surface area (Å²) < 4.78 is 25.6. The molecule has 0 bridgehead atoms. The number of nitrogens with one attached hydrogen (secondary N) is 1. The molecule has 1 aliphatic heterocycles. The number of sulfone groups is 1. The molecule has 3 heterocycles. The fourth-order valence-corrected chi connectivity index (χ4v) is 4.35. The molecule has 3 aromatic rings. The summed E-state index contributed by atoms with van der Waals surface area (Å²) in [7, 11) is -1.57. The molecule has 1 aromatic carbocycles. The first kappa shape index (κ1) is 17.7. The molecule has 0 saturated heterocycles. The average molecular weight is 384 g/mol. The molecule has 8 heteroatoms. The van der Waals surface area contributed by atoms with Crippen molar-refractivity contribution in [1.29, 1.82) is 0 Å². The van der Waals surface area contributed by atoms with E-state index >= 15 is 0 Å². The van der Waals surface area contributed by atoms with Crippen molar-refractivity contribution in [3.05, 3.63) is 65.5 Å². The molecule has 0 aliphatic carbocycles. The van der Waals surface area contributed by atoms with Crippen LogP contribution in [0.3, 0.4) is 0 Å². The number of fused-ring (bicyclic) bond motifs is 2. The molecule has 1 N–H and O–H groups in total. The summed E-state index contributed by atoms with van der Waals surface area (Å²) in [5, 5.41) is 2.89. The Balaban J connectivity index is 1.73. The van der Waals surface area contributed by atoms with Crippen LogP contribution in [0.1, 0.15) is 27.7 Å². The smallest absolute Gasteiger partial charge is 0.272 e. The Kier molecular flexibility index (Phi) is 4.24. The van der Waals surface area contributed by atoms with Crippen molar-refractivity contribution >= 4 is 21.3 Å². The second-order valence-electron chi connectivity index (χ2n) is 6.89. The lowest BCUT2D eigenvalue weighted by molar-refractivity contribution is 0.0919. The van der Waals surface area contributed by atoms with Crippen LogP contribution in [0.5, 0.6) is 0 Å². The van der Waals surface area contributed by atoms with Crippen molar-refractivity contribution in [2.45, 2.75) is 17.7 Å². The van der Waals surface area contributed by atoms with Crippen LogP contribution in [-0.2, 0) is 16.4 Å². The molecule has 7 nitrogen and oxygen atoms in total. The predicted molar refractivity (Wildman–Crippen MR) is 101 cm³/mol. The zero-order valence-electron chi connectivity index (χ0n) is 15.1. The zero-order chi connectivity index (χ0) is 19.2. The van der Waals surface area contributed by atoms with Crippen molar-refractivity contribution in [3.63, 3.8) is 0 Å². The standard InChI is InChI=1S/C19H20N4O3S/c1-22-11-13-7-3-4-8-14(13)15(12-22)20-18(24)17-16-9-5-6-10-23(16)19(21-17)27(2,25)26/h3-10,15H,11-12H2,1-2H3,(H,20,24). The van der Waals surface area contributed by atoms with Crippen molar-refractivity contribution in [2.24, 2.45) is 0 Å². The van der Waals surface area contributed by atoms with Gasteiger partial charge in [-0.05, 0) is 30.3 Å². The third kappa shape index (κ3) is 3.22. The Morgan fingerprint density at radius 1 is 1.19 bits per heavy atom. The zero-order valence-corrected chi connectivity index (χ0v) is 15.9. The quantitative estimate of drug-likeness (QED) is 0.742. The second kappa shape index (κ2) is 6.47. The van der Waals surface area contributed by atoms with E-state index < -0.39 is 9.84 Å². The van der Waals surface area contributed by atoms with E-state index in [4.69, 9.17) is 0 Å². The number of likely N-dealkylation sites (N-methyl/N-ethyl adjacent to an activating group) is 1. The SMILES string of the molecule is CN1Cc2ccccc2C(NC(=O)c2nc(S(C)(=O)=O)n3ccccc23)C1. The van der Waals surface area contributed by atoms with E-state index in [2.05, 4.69) is 21.3 Å². The Hall–Kier alpha value is -2.71. The lowest BCUT2D eigenvalue weighted by Crippen LogP contribution is -2.40. The summed E-state index contributed by atoms with van der Waals surface area (Å²) in [5.74, 6) is -0.385. The first-order valence-electron chi connectivity index (χ1n) is 8.59. The van der Waals surface area contributed by atoms with E-state index in [1.165, 1.54) is 9.96 Å². The van der Waals surface area contributed by atoms with Crippen molar-refractivity contribution in [1.82, 2.24) is 19.6 Å². The van der Waals surface area contributed by atoms with Crippen LogP contribution < -0.4 is 5.32 Å². The first-order valence-corrected chi connectivity index (χ1v) is 10.5. The van der Waals surface area contributed by atoms with Gasteiger partial charge in [-0.3, -0.25) is 14.1 Å². The normalized spacial score (nSPS) is 17.6. The van der Waals surface area contributed by atoms with Gasteiger partial charge in [0.25, 0.3) is 5.91 Å². The van der Waals surface area contributed by atoms with Gasteiger partial charge in [0, 0.05) is 25.5 Å². The summed E-state index contributed by atoms with van der Waals surface area (Å²) in [6.07, 6.45) is 2.68. The Bertz CT molecular complexity index is 1140. The fraction of sp³-hybridized carbons (Fsp3) is 0.263. The van der Waals surface area contributed by atoms with Gasteiger partial charge in [-0.2, -0.15) is 0 Å². The Morgan fingerprint density at radius 2 is 1.93 bits per heavy atom. The van der Waals surface area contributed by atoms with E-state index in [9.17, 15) is 13.2 Å². The van der Waals surface area contributed by atoms with E-state index in [0.29, 0.717) is 12.1 Å². The number of pyridine rings is 1.